The third-order valence-electron chi connectivity index (χ3n) is 4.06. The topological polar surface area (TPSA) is 108 Å². The fourth-order valence-electron chi connectivity index (χ4n) is 2.68. The molecule has 1 N–H and O–H groups in total. The van der Waals surface area contributed by atoms with Gasteiger partial charge in [-0.05, 0) is 36.8 Å². The Kier molecular flexibility index (Phi) is 6.93. The van der Waals surface area contributed by atoms with Gasteiger partial charge in [-0.2, -0.15) is 0 Å². The van der Waals surface area contributed by atoms with E-state index < -0.39 is 17.3 Å². The van der Waals surface area contributed by atoms with Gasteiger partial charge in [0, 0.05) is 20.5 Å². The van der Waals surface area contributed by atoms with Crippen molar-refractivity contribution in [1.82, 2.24) is 13.7 Å². The molecule has 0 aliphatic rings. The van der Waals surface area contributed by atoms with Gasteiger partial charge >= 0.3 is 17.3 Å². The van der Waals surface area contributed by atoms with Crippen molar-refractivity contribution in [1.29, 1.82) is 0 Å². The largest absolute Gasteiger partial charge is 0.478 e. The lowest BCUT2D eigenvalue weighted by Crippen LogP contribution is -2.44. The summed E-state index contributed by atoms with van der Waals surface area (Å²) in [6, 6.07) is 2.62. The Morgan fingerprint density at radius 1 is 1.31 bits per heavy atom. The molecule has 0 unspecified atom stereocenters. The number of carbonyl (C=O) groups is 1. The van der Waals surface area contributed by atoms with Gasteiger partial charge < -0.3 is 9.94 Å². The van der Waals surface area contributed by atoms with Crippen molar-refractivity contribution in [2.24, 2.45) is 19.3 Å². The molecule has 0 fully saturated rings. The van der Waals surface area contributed by atoms with E-state index in [0.717, 1.165) is 13.7 Å². The molecule has 9 nitrogen and oxygen atoms in total. The van der Waals surface area contributed by atoms with E-state index in [9.17, 15) is 19.5 Å². The first-order valence-corrected chi connectivity index (χ1v) is 9.10. The highest BCUT2D eigenvalue weighted by Crippen LogP contribution is 2.27. The monoisotopic (exact) mass is 438 g/mol. The molecule has 154 valence electrons. The number of aromatic nitrogens is 3. The van der Waals surface area contributed by atoms with Crippen LogP contribution in [0.25, 0.3) is 5.69 Å². The van der Waals surface area contributed by atoms with E-state index in [0.29, 0.717) is 5.71 Å². The third-order valence-corrected chi connectivity index (χ3v) is 4.92. The summed E-state index contributed by atoms with van der Waals surface area (Å²) < 4.78 is 3.01. The number of carboxylic acids is 1. The van der Waals surface area contributed by atoms with Crippen LogP contribution in [0.2, 0.25) is 5.02 Å². The zero-order valence-electron chi connectivity index (χ0n) is 16.0. The van der Waals surface area contributed by atoms with Crippen molar-refractivity contribution >= 4 is 35.5 Å². The normalized spacial score (nSPS) is 11.4. The number of hydrogen-bond donors (Lipinski definition) is 1. The molecule has 0 saturated heterocycles. The molecule has 0 aliphatic carbocycles. The van der Waals surface area contributed by atoms with Crippen LogP contribution in [0.4, 0.5) is 0 Å². The molecule has 2 aromatic rings. The van der Waals surface area contributed by atoms with Crippen molar-refractivity contribution in [3.8, 4) is 5.69 Å². The molecular formula is C18H19ClN4O5S. The summed E-state index contributed by atoms with van der Waals surface area (Å²) in [5, 5.41) is 13.5. The molecule has 0 aliphatic heterocycles. The van der Waals surface area contributed by atoms with E-state index >= 15 is 0 Å². The van der Waals surface area contributed by atoms with Gasteiger partial charge in [0.25, 0.3) is 0 Å². The number of benzene rings is 1. The fraction of sp³-hybridized carbons (Fsp3) is 0.278. The summed E-state index contributed by atoms with van der Waals surface area (Å²) in [4.78, 5) is 42.5. The Hall–Kier alpha value is -2.98. The second-order valence-corrected chi connectivity index (χ2v) is 6.89. The van der Waals surface area contributed by atoms with Gasteiger partial charge in [0.15, 0.2) is 4.77 Å². The van der Waals surface area contributed by atoms with Crippen LogP contribution in [0.3, 0.4) is 0 Å². The molecule has 0 bridgehead atoms. The molecule has 0 saturated carbocycles. The van der Waals surface area contributed by atoms with Crippen LogP contribution in [0, 0.1) is 4.77 Å². The average Bonchev–Trinajstić information content (AvgIpc) is 2.67. The predicted octanol–water partition coefficient (Wildman–Crippen LogP) is 2.08. The minimum Gasteiger partial charge on any atom is -0.478 e. The number of hydrogen-bond acceptors (Lipinski definition) is 6. The van der Waals surface area contributed by atoms with E-state index in [1.807, 2.05) is 0 Å². The molecule has 0 radical (unpaired) electrons. The number of oxime groups is 1. The van der Waals surface area contributed by atoms with E-state index in [2.05, 4.69) is 11.7 Å². The lowest BCUT2D eigenvalue weighted by atomic mass is 9.99. The van der Waals surface area contributed by atoms with Gasteiger partial charge in [0.05, 0.1) is 22.0 Å². The zero-order chi connectivity index (χ0) is 21.9. The lowest BCUT2D eigenvalue weighted by molar-refractivity contribution is 0.0696. The SMILES string of the molecule is C=CCON=C(C)Cc1c(C(=O)O)ccc(Cl)c1-n1c(=O)n(C)c(=S)n(C)c1=O. The Morgan fingerprint density at radius 2 is 1.90 bits per heavy atom. The van der Waals surface area contributed by atoms with Gasteiger partial charge in [0.2, 0.25) is 0 Å². The van der Waals surface area contributed by atoms with Crippen LogP contribution in [0.5, 0.6) is 0 Å². The minimum absolute atomic E-state index is 0.0129. The molecule has 29 heavy (non-hydrogen) atoms. The smallest absolute Gasteiger partial charge is 0.338 e. The van der Waals surface area contributed by atoms with Gasteiger partial charge in [-0.3, -0.25) is 9.13 Å². The van der Waals surface area contributed by atoms with Gasteiger partial charge in [0.1, 0.15) is 6.61 Å². The highest BCUT2D eigenvalue weighted by molar-refractivity contribution is 7.71. The number of carboxylic acid groups (broad SMARTS) is 1. The first-order chi connectivity index (χ1) is 13.6. The quantitative estimate of drug-likeness (QED) is 0.233. The van der Waals surface area contributed by atoms with Crippen LogP contribution in [0.1, 0.15) is 22.8 Å². The standard InChI is InChI=1S/C18H19ClN4O5S/c1-5-8-28-20-10(2)9-12-11(15(24)25)6-7-13(19)14(12)23-16(26)21(3)18(29)22(4)17(23)27/h5-7H,1,8-9H2,2-4H3,(H,24,25). The Morgan fingerprint density at radius 3 is 2.41 bits per heavy atom. The summed E-state index contributed by atoms with van der Waals surface area (Å²) in [7, 11) is 2.82. The highest BCUT2D eigenvalue weighted by Gasteiger charge is 2.23. The maximum atomic E-state index is 12.8. The average molecular weight is 439 g/mol. The summed E-state index contributed by atoms with van der Waals surface area (Å²) in [6.07, 6.45) is 1.48. The number of aromatic carboxylic acids is 1. The maximum Gasteiger partial charge on any atom is 0.338 e. The van der Waals surface area contributed by atoms with Crippen molar-refractivity contribution in [3.63, 3.8) is 0 Å². The van der Waals surface area contributed by atoms with E-state index in [1.165, 1.54) is 32.3 Å². The van der Waals surface area contributed by atoms with E-state index in [-0.39, 0.29) is 39.6 Å². The lowest BCUT2D eigenvalue weighted by Gasteiger charge is -2.17. The number of nitrogens with zero attached hydrogens (tertiary/aromatic N) is 4. The Labute approximate surface area is 175 Å². The summed E-state index contributed by atoms with van der Waals surface area (Å²) in [6.45, 7) is 5.30. The Balaban J connectivity index is 2.89. The molecule has 1 aromatic carbocycles. The van der Waals surface area contributed by atoms with Crippen LogP contribution in [-0.4, -0.2) is 37.1 Å². The molecule has 2 rings (SSSR count). The van der Waals surface area contributed by atoms with Crippen molar-refractivity contribution in [3.05, 3.63) is 66.7 Å². The highest BCUT2D eigenvalue weighted by atomic mass is 35.5. The molecule has 0 atom stereocenters. The molecular weight excluding hydrogens is 420 g/mol. The number of rotatable bonds is 7. The van der Waals surface area contributed by atoms with Crippen LogP contribution >= 0.6 is 23.8 Å². The van der Waals surface area contributed by atoms with Crippen molar-refractivity contribution in [2.45, 2.75) is 13.3 Å². The number of halogens is 1. The molecule has 11 heteroatoms. The summed E-state index contributed by atoms with van der Waals surface area (Å²) in [5.74, 6) is -1.24. The first-order valence-electron chi connectivity index (χ1n) is 8.32. The van der Waals surface area contributed by atoms with E-state index in [1.54, 1.807) is 6.92 Å². The predicted molar refractivity (Wildman–Crippen MR) is 112 cm³/mol. The van der Waals surface area contributed by atoms with Crippen molar-refractivity contribution in [2.75, 3.05) is 6.61 Å². The zero-order valence-corrected chi connectivity index (χ0v) is 17.6. The molecule has 0 spiro atoms. The molecule has 0 amide bonds. The van der Waals surface area contributed by atoms with E-state index in [4.69, 9.17) is 28.7 Å². The molecule has 1 aromatic heterocycles. The Bertz CT molecular complexity index is 1150. The third kappa shape index (κ3) is 4.38. The second-order valence-electron chi connectivity index (χ2n) is 6.12. The second kappa shape index (κ2) is 9.01. The molecule has 1 heterocycles. The van der Waals surface area contributed by atoms with Crippen LogP contribution in [-0.2, 0) is 25.4 Å². The fourth-order valence-corrected chi connectivity index (χ4v) is 3.10. The summed E-state index contributed by atoms with van der Waals surface area (Å²) >= 11 is 11.4. The van der Waals surface area contributed by atoms with Crippen LogP contribution in [0.15, 0.2) is 39.5 Å². The first kappa shape index (κ1) is 22.3. The van der Waals surface area contributed by atoms with Gasteiger partial charge in [-0.1, -0.05) is 29.4 Å². The summed E-state index contributed by atoms with van der Waals surface area (Å²) in [5.41, 5.74) is -1.11. The van der Waals surface area contributed by atoms with Crippen molar-refractivity contribution < 1.29 is 14.7 Å². The van der Waals surface area contributed by atoms with Gasteiger partial charge in [-0.25, -0.2) is 19.0 Å². The van der Waals surface area contributed by atoms with Crippen LogP contribution < -0.4 is 11.4 Å². The van der Waals surface area contributed by atoms with Gasteiger partial charge in [-0.15, -0.1) is 0 Å². The maximum absolute atomic E-state index is 12.8. The minimum atomic E-state index is -1.24.